The van der Waals surface area contributed by atoms with E-state index in [-0.39, 0.29) is 0 Å². The van der Waals surface area contributed by atoms with Gasteiger partial charge in [0.05, 0.1) is 0 Å². The van der Waals surface area contributed by atoms with E-state index in [9.17, 15) is 0 Å². The van der Waals surface area contributed by atoms with Crippen LogP contribution in [0.3, 0.4) is 0 Å². The van der Waals surface area contributed by atoms with E-state index >= 15 is 0 Å². The van der Waals surface area contributed by atoms with E-state index in [4.69, 9.17) is 0 Å². The number of hydrogen-bond donors (Lipinski definition) is 1. The molecule has 1 aliphatic carbocycles. The number of thiophene rings is 1. The minimum absolute atomic E-state index is 0.500. The van der Waals surface area contributed by atoms with Crippen molar-refractivity contribution in [2.75, 3.05) is 20.1 Å². The van der Waals surface area contributed by atoms with Crippen molar-refractivity contribution in [3.63, 3.8) is 0 Å². The van der Waals surface area contributed by atoms with Crippen molar-refractivity contribution in [2.45, 2.75) is 57.5 Å². The Morgan fingerprint density at radius 2 is 2.16 bits per heavy atom. The molecule has 1 saturated carbocycles. The number of nitrogens with zero attached hydrogens (tertiary/aromatic N) is 1. The fourth-order valence-electron chi connectivity index (χ4n) is 2.99. The maximum absolute atomic E-state index is 3.63. The maximum atomic E-state index is 3.63. The smallest absolute Gasteiger partial charge is 0.0386 e. The van der Waals surface area contributed by atoms with E-state index < -0.39 is 0 Å². The molecular weight excluding hydrogens is 252 g/mol. The van der Waals surface area contributed by atoms with Crippen molar-refractivity contribution in [3.05, 3.63) is 22.4 Å². The topological polar surface area (TPSA) is 15.3 Å². The Hall–Kier alpha value is -0.380. The van der Waals surface area contributed by atoms with Crippen LogP contribution in [0.25, 0.3) is 0 Å². The summed E-state index contributed by atoms with van der Waals surface area (Å²) in [5.41, 5.74) is 0. The lowest BCUT2D eigenvalue weighted by Crippen LogP contribution is -2.35. The molecule has 1 aromatic heterocycles. The molecule has 3 heteroatoms. The number of rotatable bonds is 7. The van der Waals surface area contributed by atoms with Gasteiger partial charge in [-0.3, -0.25) is 0 Å². The zero-order valence-electron chi connectivity index (χ0n) is 12.4. The normalized spacial score (nSPS) is 18.9. The summed E-state index contributed by atoms with van der Waals surface area (Å²) in [5, 5.41) is 5.78. The summed E-state index contributed by atoms with van der Waals surface area (Å²) in [6, 6.07) is 5.70. The van der Waals surface area contributed by atoms with Crippen LogP contribution in [0.1, 0.15) is 56.4 Å². The van der Waals surface area contributed by atoms with E-state index in [0.29, 0.717) is 6.04 Å². The predicted octanol–water partition coefficient (Wildman–Crippen LogP) is 4.05. The van der Waals surface area contributed by atoms with Gasteiger partial charge in [0.1, 0.15) is 0 Å². The highest BCUT2D eigenvalue weighted by molar-refractivity contribution is 7.10. The van der Waals surface area contributed by atoms with Crippen LogP contribution in [0.4, 0.5) is 0 Å². The molecule has 1 aromatic rings. The Morgan fingerprint density at radius 3 is 2.84 bits per heavy atom. The molecule has 2 nitrogen and oxygen atoms in total. The molecule has 0 bridgehead atoms. The first-order valence-electron chi connectivity index (χ1n) is 7.74. The Morgan fingerprint density at radius 1 is 1.37 bits per heavy atom. The summed E-state index contributed by atoms with van der Waals surface area (Å²) in [4.78, 5) is 4.03. The number of nitrogens with one attached hydrogen (secondary N) is 1. The summed E-state index contributed by atoms with van der Waals surface area (Å²) in [6.45, 7) is 4.61. The van der Waals surface area contributed by atoms with E-state index in [0.717, 1.165) is 12.6 Å². The van der Waals surface area contributed by atoms with Gasteiger partial charge >= 0.3 is 0 Å². The van der Waals surface area contributed by atoms with Crippen molar-refractivity contribution in [1.29, 1.82) is 0 Å². The average Bonchev–Trinajstić information content (AvgIpc) is 2.98. The molecular formula is C16H28N2S. The first-order chi connectivity index (χ1) is 9.27. The molecule has 0 spiro atoms. The minimum Gasteiger partial charge on any atom is -0.309 e. The third-order valence-electron chi connectivity index (χ3n) is 4.31. The molecule has 1 atom stereocenters. The highest BCUT2D eigenvalue weighted by Crippen LogP contribution is 2.21. The van der Waals surface area contributed by atoms with E-state index in [1.807, 2.05) is 11.3 Å². The largest absolute Gasteiger partial charge is 0.309 e. The molecule has 108 valence electrons. The summed E-state index contributed by atoms with van der Waals surface area (Å²) >= 11 is 1.85. The van der Waals surface area contributed by atoms with Crippen molar-refractivity contribution in [3.8, 4) is 0 Å². The lowest BCUT2D eigenvalue weighted by Gasteiger charge is -2.31. The fraction of sp³-hybridized carbons (Fsp3) is 0.750. The van der Waals surface area contributed by atoms with Gasteiger partial charge in [0.25, 0.3) is 0 Å². The van der Waals surface area contributed by atoms with Gasteiger partial charge < -0.3 is 10.2 Å². The molecule has 0 radical (unpaired) electrons. The first kappa shape index (κ1) is 15.0. The van der Waals surface area contributed by atoms with Gasteiger partial charge in [-0.25, -0.2) is 0 Å². The Bertz CT molecular complexity index is 331. The lowest BCUT2D eigenvalue weighted by molar-refractivity contribution is 0.189. The second-order valence-corrected chi connectivity index (χ2v) is 6.80. The molecule has 0 amide bonds. The fourth-order valence-corrected chi connectivity index (χ4v) is 3.75. The van der Waals surface area contributed by atoms with Crippen LogP contribution in [0.2, 0.25) is 0 Å². The first-order valence-corrected chi connectivity index (χ1v) is 8.62. The average molecular weight is 280 g/mol. The second-order valence-electron chi connectivity index (χ2n) is 5.82. The highest BCUT2D eigenvalue weighted by atomic mass is 32.1. The molecule has 1 fully saturated rings. The highest BCUT2D eigenvalue weighted by Gasteiger charge is 2.17. The van der Waals surface area contributed by atoms with Gasteiger partial charge in [0, 0.05) is 17.0 Å². The minimum atomic E-state index is 0.500. The molecule has 1 N–H and O–H groups in total. The van der Waals surface area contributed by atoms with Gasteiger partial charge in [-0.05, 0) is 57.8 Å². The molecule has 0 aliphatic heterocycles. The Kier molecular flexibility index (Phi) is 6.35. The van der Waals surface area contributed by atoms with Crippen LogP contribution in [0.5, 0.6) is 0 Å². The standard InChI is InChI=1S/C16H28N2S/c1-14(16-10-6-13-19-16)17-11-7-12-18(2)15-8-4-3-5-9-15/h6,10,13-15,17H,3-5,7-9,11-12H2,1-2H3. The summed E-state index contributed by atoms with van der Waals surface area (Å²) < 4.78 is 0. The van der Waals surface area contributed by atoms with Crippen molar-refractivity contribution < 1.29 is 0 Å². The van der Waals surface area contributed by atoms with Crippen LogP contribution in [0, 0.1) is 0 Å². The van der Waals surface area contributed by atoms with Gasteiger partial charge in [-0.2, -0.15) is 0 Å². The summed E-state index contributed by atoms with van der Waals surface area (Å²) in [5.74, 6) is 0. The van der Waals surface area contributed by atoms with Gasteiger partial charge in [-0.1, -0.05) is 25.3 Å². The van der Waals surface area contributed by atoms with Crippen LogP contribution in [-0.4, -0.2) is 31.1 Å². The Balaban J connectivity index is 1.58. The quantitative estimate of drug-likeness (QED) is 0.758. The van der Waals surface area contributed by atoms with Crippen LogP contribution < -0.4 is 5.32 Å². The summed E-state index contributed by atoms with van der Waals surface area (Å²) in [6.07, 6.45) is 8.39. The molecule has 1 heterocycles. The van der Waals surface area contributed by atoms with Crippen molar-refractivity contribution in [1.82, 2.24) is 10.2 Å². The zero-order valence-corrected chi connectivity index (χ0v) is 13.2. The van der Waals surface area contributed by atoms with Gasteiger partial charge in [0.2, 0.25) is 0 Å². The number of hydrogen-bond acceptors (Lipinski definition) is 3. The molecule has 0 saturated heterocycles. The van der Waals surface area contributed by atoms with Crippen LogP contribution in [-0.2, 0) is 0 Å². The molecule has 0 aromatic carbocycles. The van der Waals surface area contributed by atoms with Gasteiger partial charge in [0.15, 0.2) is 0 Å². The van der Waals surface area contributed by atoms with Crippen LogP contribution >= 0.6 is 11.3 Å². The van der Waals surface area contributed by atoms with Crippen LogP contribution in [0.15, 0.2) is 17.5 Å². The summed E-state index contributed by atoms with van der Waals surface area (Å²) in [7, 11) is 2.30. The Labute approximate surface area is 122 Å². The third-order valence-corrected chi connectivity index (χ3v) is 5.36. The molecule has 1 aliphatic rings. The SMILES string of the molecule is CC(NCCCN(C)C1CCCCC1)c1cccs1. The van der Waals surface area contributed by atoms with Gasteiger partial charge in [-0.15, -0.1) is 11.3 Å². The second kappa shape index (κ2) is 8.03. The van der Waals surface area contributed by atoms with E-state index in [1.165, 1.54) is 49.9 Å². The zero-order chi connectivity index (χ0) is 13.5. The van der Waals surface area contributed by atoms with Crippen molar-refractivity contribution >= 4 is 11.3 Å². The third kappa shape index (κ3) is 4.90. The molecule has 19 heavy (non-hydrogen) atoms. The maximum Gasteiger partial charge on any atom is 0.0386 e. The lowest BCUT2D eigenvalue weighted by atomic mass is 9.94. The van der Waals surface area contributed by atoms with E-state index in [1.54, 1.807) is 0 Å². The predicted molar refractivity (Wildman–Crippen MR) is 84.9 cm³/mol. The monoisotopic (exact) mass is 280 g/mol. The molecule has 1 unspecified atom stereocenters. The molecule has 2 rings (SSSR count). The van der Waals surface area contributed by atoms with Crippen molar-refractivity contribution in [2.24, 2.45) is 0 Å². The van der Waals surface area contributed by atoms with E-state index in [2.05, 4.69) is 41.7 Å².